The Balaban J connectivity index is 1.96. The predicted octanol–water partition coefficient (Wildman–Crippen LogP) is 2.90. The number of thiophene rings is 1. The Bertz CT molecular complexity index is 795. The molecule has 0 radical (unpaired) electrons. The lowest BCUT2D eigenvalue weighted by Gasteiger charge is -2.12. The van der Waals surface area contributed by atoms with Crippen LogP contribution in [0.5, 0.6) is 0 Å². The van der Waals surface area contributed by atoms with E-state index in [0.29, 0.717) is 16.8 Å². The maximum Gasteiger partial charge on any atom is 0.355 e. The molecule has 26 heavy (non-hydrogen) atoms. The molecular formula is C18H22N2O5S. The van der Waals surface area contributed by atoms with E-state index in [1.807, 2.05) is 24.4 Å². The quantitative estimate of drug-likeness (QED) is 0.722. The van der Waals surface area contributed by atoms with Gasteiger partial charge in [-0.25, -0.2) is 9.59 Å². The molecule has 0 aliphatic rings. The Morgan fingerprint density at radius 3 is 2.58 bits per heavy atom. The van der Waals surface area contributed by atoms with Crippen LogP contribution in [-0.4, -0.2) is 36.0 Å². The van der Waals surface area contributed by atoms with Gasteiger partial charge in [0.05, 0.1) is 18.2 Å². The number of carbonyl (C=O) groups excluding carboxylic acids is 3. The van der Waals surface area contributed by atoms with Crippen LogP contribution in [-0.2, 0) is 14.3 Å². The first-order chi connectivity index (χ1) is 12.3. The number of rotatable bonds is 7. The molecule has 0 saturated carbocycles. The molecule has 2 heterocycles. The summed E-state index contributed by atoms with van der Waals surface area (Å²) in [6.07, 6.45) is 0. The highest BCUT2D eigenvalue weighted by atomic mass is 32.1. The highest BCUT2D eigenvalue weighted by molar-refractivity contribution is 7.10. The van der Waals surface area contributed by atoms with Gasteiger partial charge >= 0.3 is 11.9 Å². The van der Waals surface area contributed by atoms with E-state index in [-0.39, 0.29) is 18.3 Å². The van der Waals surface area contributed by atoms with Crippen molar-refractivity contribution in [1.29, 1.82) is 0 Å². The van der Waals surface area contributed by atoms with Crippen molar-refractivity contribution >= 4 is 29.2 Å². The second kappa shape index (κ2) is 8.66. The van der Waals surface area contributed by atoms with E-state index in [1.54, 1.807) is 20.8 Å². The zero-order valence-corrected chi connectivity index (χ0v) is 16.0. The van der Waals surface area contributed by atoms with Crippen LogP contribution < -0.4 is 5.32 Å². The van der Waals surface area contributed by atoms with Crippen molar-refractivity contribution in [3.63, 3.8) is 0 Å². The van der Waals surface area contributed by atoms with Crippen LogP contribution in [0.15, 0.2) is 17.5 Å². The lowest BCUT2D eigenvalue weighted by molar-refractivity contribution is -0.124. The van der Waals surface area contributed by atoms with Gasteiger partial charge in [-0.15, -0.1) is 11.3 Å². The van der Waals surface area contributed by atoms with E-state index in [4.69, 9.17) is 9.47 Å². The second-order valence-corrected chi connectivity index (χ2v) is 6.71. The van der Waals surface area contributed by atoms with Crippen molar-refractivity contribution in [3.8, 4) is 0 Å². The standard InChI is InChI=1S/C18H22N2O5S/c1-5-24-17(22)15-10(2)16(20-12(15)4)18(23)25-9-14(21)19-11(3)13-7-6-8-26-13/h6-8,11,20H,5,9H2,1-4H3,(H,19,21)/t11-/m0/s1. The summed E-state index contributed by atoms with van der Waals surface area (Å²) < 4.78 is 10.1. The molecule has 1 amide bonds. The van der Waals surface area contributed by atoms with Crippen LogP contribution in [0.4, 0.5) is 0 Å². The number of hydrogen-bond donors (Lipinski definition) is 2. The minimum atomic E-state index is -0.694. The zero-order chi connectivity index (χ0) is 19.3. The number of amides is 1. The summed E-state index contributed by atoms with van der Waals surface area (Å²) in [6.45, 7) is 6.71. The summed E-state index contributed by atoms with van der Waals surface area (Å²) in [5, 5.41) is 4.69. The van der Waals surface area contributed by atoms with Crippen LogP contribution in [0.25, 0.3) is 0 Å². The maximum atomic E-state index is 12.2. The van der Waals surface area contributed by atoms with Gasteiger partial charge in [-0.3, -0.25) is 4.79 Å². The smallest absolute Gasteiger partial charge is 0.355 e. The molecule has 0 aliphatic heterocycles. The van der Waals surface area contributed by atoms with E-state index in [2.05, 4.69) is 10.3 Å². The van der Waals surface area contributed by atoms with E-state index >= 15 is 0 Å². The highest BCUT2D eigenvalue weighted by Crippen LogP contribution is 2.20. The zero-order valence-electron chi connectivity index (χ0n) is 15.2. The third kappa shape index (κ3) is 4.51. The molecule has 2 aromatic heterocycles. The average molecular weight is 378 g/mol. The largest absolute Gasteiger partial charge is 0.462 e. The van der Waals surface area contributed by atoms with E-state index < -0.39 is 24.5 Å². The number of nitrogens with one attached hydrogen (secondary N) is 2. The Labute approximate surface area is 155 Å². The number of hydrogen-bond acceptors (Lipinski definition) is 6. The molecule has 0 bridgehead atoms. The van der Waals surface area contributed by atoms with Gasteiger partial charge in [0.2, 0.25) is 0 Å². The predicted molar refractivity (Wildman–Crippen MR) is 97.4 cm³/mol. The van der Waals surface area contributed by atoms with Gasteiger partial charge < -0.3 is 19.8 Å². The number of aromatic amines is 1. The van der Waals surface area contributed by atoms with Gasteiger partial charge in [0.25, 0.3) is 5.91 Å². The van der Waals surface area contributed by atoms with Crippen LogP contribution in [0, 0.1) is 13.8 Å². The monoisotopic (exact) mass is 378 g/mol. The number of carbonyl (C=O) groups is 3. The number of aryl methyl sites for hydroxylation is 1. The second-order valence-electron chi connectivity index (χ2n) is 5.73. The molecule has 0 aromatic carbocycles. The molecule has 140 valence electrons. The summed E-state index contributed by atoms with van der Waals surface area (Å²) in [4.78, 5) is 40.0. The van der Waals surface area contributed by atoms with Crippen LogP contribution >= 0.6 is 11.3 Å². The molecular weight excluding hydrogens is 356 g/mol. The molecule has 2 aromatic rings. The van der Waals surface area contributed by atoms with Crippen LogP contribution in [0.2, 0.25) is 0 Å². The number of aromatic nitrogens is 1. The van der Waals surface area contributed by atoms with Crippen LogP contribution in [0.1, 0.15) is 56.9 Å². The topological polar surface area (TPSA) is 97.5 Å². The fourth-order valence-corrected chi connectivity index (χ4v) is 3.29. The first kappa shape index (κ1) is 19.7. The van der Waals surface area contributed by atoms with Crippen molar-refractivity contribution in [2.75, 3.05) is 13.2 Å². The fraction of sp³-hybridized carbons (Fsp3) is 0.389. The molecule has 1 atom stereocenters. The summed E-state index contributed by atoms with van der Waals surface area (Å²) in [6, 6.07) is 3.66. The van der Waals surface area contributed by atoms with Gasteiger partial charge in [-0.05, 0) is 44.7 Å². The minimum absolute atomic E-state index is 0.143. The van der Waals surface area contributed by atoms with E-state index in [0.717, 1.165) is 4.88 Å². The summed E-state index contributed by atoms with van der Waals surface area (Å²) in [5.41, 5.74) is 1.42. The van der Waals surface area contributed by atoms with Crippen molar-refractivity contribution in [3.05, 3.63) is 44.9 Å². The van der Waals surface area contributed by atoms with Gasteiger partial charge in [0.1, 0.15) is 5.69 Å². The summed E-state index contributed by atoms with van der Waals surface area (Å²) in [7, 11) is 0. The average Bonchev–Trinajstić information content (AvgIpc) is 3.21. The molecule has 8 heteroatoms. The van der Waals surface area contributed by atoms with E-state index in [1.165, 1.54) is 11.3 Å². The van der Waals surface area contributed by atoms with Gasteiger partial charge in [-0.2, -0.15) is 0 Å². The first-order valence-electron chi connectivity index (χ1n) is 8.21. The first-order valence-corrected chi connectivity index (χ1v) is 9.09. The molecule has 0 saturated heterocycles. The van der Waals surface area contributed by atoms with Crippen molar-refractivity contribution in [2.24, 2.45) is 0 Å². The van der Waals surface area contributed by atoms with Crippen molar-refractivity contribution in [2.45, 2.75) is 33.7 Å². The SMILES string of the molecule is CCOC(=O)c1c(C)[nH]c(C(=O)OCC(=O)N[C@@H](C)c2cccs2)c1C. The Morgan fingerprint density at radius 2 is 1.96 bits per heavy atom. The number of ether oxygens (including phenoxy) is 2. The van der Waals surface area contributed by atoms with Crippen molar-refractivity contribution < 1.29 is 23.9 Å². The third-order valence-corrected chi connectivity index (χ3v) is 4.86. The molecule has 0 fully saturated rings. The van der Waals surface area contributed by atoms with E-state index in [9.17, 15) is 14.4 Å². The molecule has 2 N–H and O–H groups in total. The fourth-order valence-electron chi connectivity index (χ4n) is 2.56. The van der Waals surface area contributed by atoms with Gasteiger partial charge in [0, 0.05) is 10.6 Å². The lowest BCUT2D eigenvalue weighted by Crippen LogP contribution is -2.30. The Kier molecular flexibility index (Phi) is 6.57. The summed E-state index contributed by atoms with van der Waals surface area (Å²) in [5.74, 6) is -1.59. The molecule has 0 aliphatic carbocycles. The van der Waals surface area contributed by atoms with Crippen LogP contribution in [0.3, 0.4) is 0 Å². The molecule has 0 spiro atoms. The van der Waals surface area contributed by atoms with Gasteiger partial charge in [-0.1, -0.05) is 6.07 Å². The molecule has 0 unspecified atom stereocenters. The summed E-state index contributed by atoms with van der Waals surface area (Å²) >= 11 is 1.54. The third-order valence-electron chi connectivity index (χ3n) is 3.80. The number of esters is 2. The normalized spacial score (nSPS) is 11.7. The highest BCUT2D eigenvalue weighted by Gasteiger charge is 2.24. The lowest BCUT2D eigenvalue weighted by atomic mass is 10.1. The van der Waals surface area contributed by atoms with Crippen molar-refractivity contribution in [1.82, 2.24) is 10.3 Å². The van der Waals surface area contributed by atoms with Gasteiger partial charge in [0.15, 0.2) is 6.61 Å². The minimum Gasteiger partial charge on any atom is -0.462 e. The maximum absolute atomic E-state index is 12.2. The number of H-pyrrole nitrogens is 1. The Hall–Kier alpha value is -2.61. The molecule has 2 rings (SSSR count). The Morgan fingerprint density at radius 1 is 1.23 bits per heavy atom. The molecule has 7 nitrogen and oxygen atoms in total.